The van der Waals surface area contributed by atoms with E-state index in [4.69, 9.17) is 4.74 Å². The van der Waals surface area contributed by atoms with E-state index in [1.165, 1.54) is 0 Å². The smallest absolute Gasteiger partial charge is 0.222 e. The van der Waals surface area contributed by atoms with E-state index in [0.717, 1.165) is 51.8 Å². The van der Waals surface area contributed by atoms with Crippen molar-refractivity contribution in [3.05, 3.63) is 0 Å². The maximum absolute atomic E-state index is 11.9. The van der Waals surface area contributed by atoms with Crippen LogP contribution in [0.15, 0.2) is 0 Å². The van der Waals surface area contributed by atoms with Crippen molar-refractivity contribution >= 4 is 5.91 Å². The summed E-state index contributed by atoms with van der Waals surface area (Å²) in [6, 6.07) is 0. The summed E-state index contributed by atoms with van der Waals surface area (Å²) in [7, 11) is 1.75. The largest absolute Gasteiger partial charge is 0.384 e. The molecule has 17 heavy (non-hydrogen) atoms. The third-order valence-corrected chi connectivity index (χ3v) is 3.54. The van der Waals surface area contributed by atoms with E-state index in [9.17, 15) is 4.79 Å². The number of carbonyl (C=O) groups excluding carboxylic acids is 1. The summed E-state index contributed by atoms with van der Waals surface area (Å²) < 4.78 is 5.16. The fourth-order valence-corrected chi connectivity index (χ4v) is 2.40. The van der Waals surface area contributed by atoms with E-state index in [0.29, 0.717) is 17.7 Å². The molecule has 0 aliphatic carbocycles. The number of hydrogen-bond donors (Lipinski definition) is 0. The normalized spacial score (nSPS) is 17.8. The Balaban J connectivity index is 2.17. The number of rotatable bonds is 6. The molecule has 1 aliphatic rings. The molecule has 0 aromatic heterocycles. The second-order valence-corrected chi connectivity index (χ2v) is 5.57. The van der Waals surface area contributed by atoms with Gasteiger partial charge in [-0.05, 0) is 31.1 Å². The number of hydrogen-bond acceptors (Lipinski definition) is 2. The molecule has 3 nitrogen and oxygen atoms in total. The van der Waals surface area contributed by atoms with Crippen molar-refractivity contribution in [2.45, 2.75) is 46.0 Å². The van der Waals surface area contributed by atoms with Crippen molar-refractivity contribution in [1.82, 2.24) is 4.90 Å². The molecule has 0 aromatic rings. The highest BCUT2D eigenvalue weighted by atomic mass is 16.5. The molecule has 1 aliphatic heterocycles. The van der Waals surface area contributed by atoms with Gasteiger partial charge in [0.1, 0.15) is 0 Å². The predicted octanol–water partition coefficient (Wildman–Crippen LogP) is 2.70. The molecular weight excluding hydrogens is 214 g/mol. The van der Waals surface area contributed by atoms with Gasteiger partial charge < -0.3 is 9.64 Å². The number of likely N-dealkylation sites (tertiary alicyclic amines) is 1. The number of ether oxygens (including phenoxy) is 1. The SMILES string of the molecule is COCC1CCN(C(=O)CCCC(C)C)CC1. The second kappa shape index (κ2) is 7.70. The van der Waals surface area contributed by atoms with Crippen LogP contribution < -0.4 is 0 Å². The summed E-state index contributed by atoms with van der Waals surface area (Å²) in [4.78, 5) is 14.0. The summed E-state index contributed by atoms with van der Waals surface area (Å²) in [6.45, 7) is 7.11. The summed E-state index contributed by atoms with van der Waals surface area (Å²) in [5, 5.41) is 0. The number of piperidine rings is 1. The van der Waals surface area contributed by atoms with Crippen LogP contribution in [0.4, 0.5) is 0 Å². The van der Waals surface area contributed by atoms with Crippen molar-refractivity contribution in [1.29, 1.82) is 0 Å². The molecule has 1 heterocycles. The molecule has 0 radical (unpaired) electrons. The lowest BCUT2D eigenvalue weighted by atomic mass is 9.97. The highest BCUT2D eigenvalue weighted by molar-refractivity contribution is 5.76. The topological polar surface area (TPSA) is 29.5 Å². The minimum atomic E-state index is 0.349. The van der Waals surface area contributed by atoms with Crippen LogP contribution in [0.25, 0.3) is 0 Å². The molecule has 3 heteroatoms. The van der Waals surface area contributed by atoms with Crippen molar-refractivity contribution in [3.63, 3.8) is 0 Å². The van der Waals surface area contributed by atoms with E-state index < -0.39 is 0 Å². The molecule has 0 aromatic carbocycles. The molecule has 1 rings (SSSR count). The van der Waals surface area contributed by atoms with Gasteiger partial charge in [0.25, 0.3) is 0 Å². The van der Waals surface area contributed by atoms with Crippen molar-refractivity contribution in [2.75, 3.05) is 26.8 Å². The number of methoxy groups -OCH3 is 1. The molecule has 1 amide bonds. The molecule has 0 saturated carbocycles. The third-order valence-electron chi connectivity index (χ3n) is 3.54. The Labute approximate surface area is 106 Å². The first kappa shape index (κ1) is 14.5. The molecule has 100 valence electrons. The van der Waals surface area contributed by atoms with Crippen LogP contribution in [0, 0.1) is 11.8 Å². The van der Waals surface area contributed by atoms with Gasteiger partial charge >= 0.3 is 0 Å². The Hall–Kier alpha value is -0.570. The molecule has 0 atom stereocenters. The summed E-state index contributed by atoms with van der Waals surface area (Å²) in [5.74, 6) is 1.71. The lowest BCUT2D eigenvalue weighted by molar-refractivity contribution is -0.133. The Morgan fingerprint density at radius 2 is 2.00 bits per heavy atom. The highest BCUT2D eigenvalue weighted by Crippen LogP contribution is 2.18. The average molecular weight is 241 g/mol. The van der Waals surface area contributed by atoms with Gasteiger partial charge in [0, 0.05) is 33.2 Å². The molecule has 0 unspecified atom stereocenters. The maximum atomic E-state index is 11.9. The Morgan fingerprint density at radius 3 is 2.53 bits per heavy atom. The van der Waals surface area contributed by atoms with E-state index in [1.807, 2.05) is 4.90 Å². The fraction of sp³-hybridized carbons (Fsp3) is 0.929. The highest BCUT2D eigenvalue weighted by Gasteiger charge is 2.22. The number of nitrogens with zero attached hydrogens (tertiary/aromatic N) is 1. The Bertz CT molecular complexity index is 220. The number of amides is 1. The zero-order chi connectivity index (χ0) is 12.7. The van der Waals surface area contributed by atoms with Gasteiger partial charge in [-0.15, -0.1) is 0 Å². The molecule has 0 bridgehead atoms. The van der Waals surface area contributed by atoms with E-state index in [1.54, 1.807) is 7.11 Å². The molecule has 0 spiro atoms. The monoisotopic (exact) mass is 241 g/mol. The van der Waals surface area contributed by atoms with Gasteiger partial charge in [0.15, 0.2) is 0 Å². The van der Waals surface area contributed by atoms with Gasteiger partial charge in [-0.2, -0.15) is 0 Å². The zero-order valence-electron chi connectivity index (χ0n) is 11.6. The lowest BCUT2D eigenvalue weighted by Crippen LogP contribution is -2.39. The van der Waals surface area contributed by atoms with Crippen LogP contribution in [-0.4, -0.2) is 37.6 Å². The lowest BCUT2D eigenvalue weighted by Gasteiger charge is -2.31. The molecule has 0 N–H and O–H groups in total. The van der Waals surface area contributed by atoms with Crippen LogP contribution in [-0.2, 0) is 9.53 Å². The van der Waals surface area contributed by atoms with Gasteiger partial charge in [-0.25, -0.2) is 0 Å². The predicted molar refractivity (Wildman–Crippen MR) is 69.9 cm³/mol. The average Bonchev–Trinajstić information content (AvgIpc) is 2.30. The van der Waals surface area contributed by atoms with Crippen LogP contribution in [0.2, 0.25) is 0 Å². The third kappa shape index (κ3) is 5.53. The summed E-state index contributed by atoms with van der Waals surface area (Å²) in [6.07, 6.45) is 5.13. The fourth-order valence-electron chi connectivity index (χ4n) is 2.40. The van der Waals surface area contributed by atoms with Crippen LogP contribution in [0.3, 0.4) is 0 Å². The first-order chi connectivity index (χ1) is 8.13. The second-order valence-electron chi connectivity index (χ2n) is 5.57. The van der Waals surface area contributed by atoms with Gasteiger partial charge in [0.05, 0.1) is 0 Å². The molecule has 1 fully saturated rings. The summed E-state index contributed by atoms with van der Waals surface area (Å²) >= 11 is 0. The van der Waals surface area contributed by atoms with Crippen LogP contribution in [0.5, 0.6) is 0 Å². The van der Waals surface area contributed by atoms with Crippen LogP contribution in [0.1, 0.15) is 46.0 Å². The minimum absolute atomic E-state index is 0.349. The van der Waals surface area contributed by atoms with E-state index in [2.05, 4.69) is 13.8 Å². The Morgan fingerprint density at radius 1 is 1.35 bits per heavy atom. The zero-order valence-corrected chi connectivity index (χ0v) is 11.6. The van der Waals surface area contributed by atoms with Crippen molar-refractivity contribution in [2.24, 2.45) is 11.8 Å². The number of carbonyl (C=O) groups is 1. The van der Waals surface area contributed by atoms with Crippen molar-refractivity contribution < 1.29 is 9.53 Å². The first-order valence-corrected chi connectivity index (χ1v) is 6.90. The minimum Gasteiger partial charge on any atom is -0.384 e. The maximum Gasteiger partial charge on any atom is 0.222 e. The Kier molecular flexibility index (Phi) is 6.56. The van der Waals surface area contributed by atoms with E-state index in [-0.39, 0.29) is 0 Å². The summed E-state index contributed by atoms with van der Waals surface area (Å²) in [5.41, 5.74) is 0. The quantitative estimate of drug-likeness (QED) is 0.715. The van der Waals surface area contributed by atoms with E-state index >= 15 is 0 Å². The molecular formula is C14H27NO2. The molecule has 1 saturated heterocycles. The van der Waals surface area contributed by atoms with Crippen molar-refractivity contribution in [3.8, 4) is 0 Å². The van der Waals surface area contributed by atoms with Gasteiger partial charge in [0.2, 0.25) is 5.91 Å². The van der Waals surface area contributed by atoms with Crippen LogP contribution >= 0.6 is 0 Å². The van der Waals surface area contributed by atoms with Gasteiger partial charge in [-0.3, -0.25) is 4.79 Å². The standard InChI is InChI=1S/C14H27NO2/c1-12(2)5-4-6-14(16)15-9-7-13(8-10-15)11-17-3/h12-13H,4-11H2,1-3H3. The van der Waals surface area contributed by atoms with Gasteiger partial charge in [-0.1, -0.05) is 20.3 Å². The first-order valence-electron chi connectivity index (χ1n) is 6.90.